The Morgan fingerprint density at radius 1 is 1.13 bits per heavy atom. The quantitative estimate of drug-likeness (QED) is 0.813. The van der Waals surface area contributed by atoms with E-state index in [4.69, 9.17) is 11.5 Å². The summed E-state index contributed by atoms with van der Waals surface area (Å²) in [6.45, 7) is 0.422. The molecule has 0 bridgehead atoms. The molecule has 0 aliphatic carbocycles. The van der Waals surface area contributed by atoms with E-state index < -0.39 is 0 Å². The maximum absolute atomic E-state index is 5.80. The van der Waals surface area contributed by atoms with Gasteiger partial charge in [0.1, 0.15) is 0 Å². The topological polar surface area (TPSA) is 64.9 Å². The van der Waals surface area contributed by atoms with Gasteiger partial charge in [-0.15, -0.1) is 12.4 Å². The first kappa shape index (κ1) is 11.9. The Morgan fingerprint density at radius 3 is 2.60 bits per heavy atom. The van der Waals surface area contributed by atoms with E-state index in [1.54, 1.807) is 0 Å². The Balaban J connectivity index is 0.00000112. The average Bonchev–Trinajstić information content (AvgIpc) is 2.27. The molecular formula is C11H14ClN3. The molecule has 1 aromatic heterocycles. The maximum Gasteiger partial charge on any atom is 0.0706 e. The summed E-state index contributed by atoms with van der Waals surface area (Å²) in [4.78, 5) is 4.44. The predicted octanol–water partition coefficient (Wildman–Crippen LogP) is 1.62. The molecule has 2 aromatic rings. The molecule has 0 aliphatic heterocycles. The number of nitrogens with two attached hydrogens (primary N) is 2. The molecule has 0 fully saturated rings. The van der Waals surface area contributed by atoms with E-state index in [1.165, 1.54) is 0 Å². The number of hydrogen-bond donors (Lipinski definition) is 2. The van der Waals surface area contributed by atoms with Crippen molar-refractivity contribution in [2.75, 3.05) is 6.54 Å². The van der Waals surface area contributed by atoms with E-state index in [2.05, 4.69) is 4.98 Å². The van der Waals surface area contributed by atoms with Crippen molar-refractivity contribution < 1.29 is 0 Å². The number of pyridine rings is 1. The summed E-state index contributed by atoms with van der Waals surface area (Å²) in [5.74, 6) is 0. The molecule has 0 radical (unpaired) electrons. The van der Waals surface area contributed by atoms with Gasteiger partial charge in [-0.25, -0.2) is 0 Å². The normalized spacial score (nSPS) is 12.1. The van der Waals surface area contributed by atoms with Gasteiger partial charge in [-0.05, 0) is 12.1 Å². The van der Waals surface area contributed by atoms with Gasteiger partial charge in [-0.1, -0.05) is 24.3 Å². The van der Waals surface area contributed by atoms with Gasteiger partial charge < -0.3 is 11.5 Å². The molecule has 0 spiro atoms. The van der Waals surface area contributed by atoms with Crippen LogP contribution in [0.25, 0.3) is 10.9 Å². The molecule has 80 valence electrons. The van der Waals surface area contributed by atoms with Crippen LogP contribution in [0.3, 0.4) is 0 Å². The second-order valence-corrected chi connectivity index (χ2v) is 3.27. The molecule has 0 saturated carbocycles. The van der Waals surface area contributed by atoms with E-state index in [1.807, 2.05) is 36.4 Å². The van der Waals surface area contributed by atoms with Crippen LogP contribution in [0.4, 0.5) is 0 Å². The number of nitrogens with zero attached hydrogens (tertiary/aromatic N) is 1. The van der Waals surface area contributed by atoms with E-state index in [9.17, 15) is 0 Å². The van der Waals surface area contributed by atoms with Crippen LogP contribution in [0.5, 0.6) is 0 Å². The first-order valence-corrected chi connectivity index (χ1v) is 4.62. The number of hydrogen-bond acceptors (Lipinski definition) is 3. The molecule has 1 atom stereocenters. The third-order valence-corrected chi connectivity index (χ3v) is 2.25. The summed E-state index contributed by atoms with van der Waals surface area (Å²) in [7, 11) is 0. The van der Waals surface area contributed by atoms with E-state index >= 15 is 0 Å². The molecule has 1 aromatic carbocycles. The minimum absolute atomic E-state index is 0. The van der Waals surface area contributed by atoms with Gasteiger partial charge in [0, 0.05) is 11.9 Å². The van der Waals surface area contributed by atoms with Crippen molar-refractivity contribution >= 4 is 23.3 Å². The van der Waals surface area contributed by atoms with Gasteiger partial charge in [0.25, 0.3) is 0 Å². The largest absolute Gasteiger partial charge is 0.329 e. The summed E-state index contributed by atoms with van der Waals surface area (Å²) >= 11 is 0. The van der Waals surface area contributed by atoms with E-state index in [0.717, 1.165) is 16.6 Å². The van der Waals surface area contributed by atoms with E-state index in [0.29, 0.717) is 6.54 Å². The van der Waals surface area contributed by atoms with Gasteiger partial charge in [-0.2, -0.15) is 0 Å². The number of para-hydroxylation sites is 1. The molecule has 2 rings (SSSR count). The van der Waals surface area contributed by atoms with Crippen LogP contribution in [0.1, 0.15) is 11.7 Å². The molecule has 0 amide bonds. The highest BCUT2D eigenvalue weighted by molar-refractivity contribution is 5.85. The highest BCUT2D eigenvalue weighted by Crippen LogP contribution is 2.14. The van der Waals surface area contributed by atoms with Crippen LogP contribution in [0, 0.1) is 0 Å². The fraction of sp³-hybridized carbons (Fsp3) is 0.182. The number of benzene rings is 1. The zero-order valence-corrected chi connectivity index (χ0v) is 9.08. The summed E-state index contributed by atoms with van der Waals surface area (Å²) in [5.41, 5.74) is 13.1. The lowest BCUT2D eigenvalue weighted by atomic mass is 10.1. The SMILES string of the molecule is Cl.NC[C@H](N)c1ccc2ccccc2n1. The number of aromatic nitrogens is 1. The first-order valence-electron chi connectivity index (χ1n) is 4.62. The van der Waals surface area contributed by atoms with Crippen LogP contribution >= 0.6 is 12.4 Å². The summed E-state index contributed by atoms with van der Waals surface area (Å²) < 4.78 is 0. The zero-order valence-electron chi connectivity index (χ0n) is 8.26. The molecular weight excluding hydrogens is 210 g/mol. The number of fused-ring (bicyclic) bond motifs is 1. The first-order chi connectivity index (χ1) is 6.81. The number of halogens is 1. The lowest BCUT2D eigenvalue weighted by Gasteiger charge is -2.08. The molecule has 15 heavy (non-hydrogen) atoms. The smallest absolute Gasteiger partial charge is 0.0706 e. The van der Waals surface area contributed by atoms with Gasteiger partial charge >= 0.3 is 0 Å². The lowest BCUT2D eigenvalue weighted by Crippen LogP contribution is -2.21. The highest BCUT2D eigenvalue weighted by atomic mass is 35.5. The molecule has 3 nitrogen and oxygen atoms in total. The van der Waals surface area contributed by atoms with Crippen LogP contribution in [0.15, 0.2) is 36.4 Å². The second kappa shape index (κ2) is 5.07. The van der Waals surface area contributed by atoms with Gasteiger partial charge in [-0.3, -0.25) is 4.98 Å². The van der Waals surface area contributed by atoms with Crippen LogP contribution in [-0.2, 0) is 0 Å². The van der Waals surface area contributed by atoms with Crippen molar-refractivity contribution in [2.45, 2.75) is 6.04 Å². The molecule has 0 aliphatic rings. The zero-order chi connectivity index (χ0) is 9.97. The minimum Gasteiger partial charge on any atom is -0.329 e. The third-order valence-electron chi connectivity index (χ3n) is 2.25. The monoisotopic (exact) mass is 223 g/mol. The van der Waals surface area contributed by atoms with Crippen LogP contribution < -0.4 is 11.5 Å². The van der Waals surface area contributed by atoms with Crippen molar-refractivity contribution in [3.05, 3.63) is 42.1 Å². The maximum atomic E-state index is 5.80. The van der Waals surface area contributed by atoms with Gasteiger partial charge in [0.05, 0.1) is 17.3 Å². The molecule has 4 N–H and O–H groups in total. The Hall–Kier alpha value is -1.16. The van der Waals surface area contributed by atoms with Crippen molar-refractivity contribution in [1.82, 2.24) is 4.98 Å². The van der Waals surface area contributed by atoms with Gasteiger partial charge in [0.15, 0.2) is 0 Å². The molecule has 0 unspecified atom stereocenters. The standard InChI is InChI=1S/C11H13N3.ClH/c12-7-9(13)11-6-5-8-3-1-2-4-10(8)14-11;/h1-6,9H,7,12-13H2;1H/t9-;/m0./s1. The Labute approximate surface area is 94.9 Å². The Bertz CT molecular complexity index is 445. The Kier molecular flexibility index (Phi) is 4.03. The molecule has 1 heterocycles. The van der Waals surface area contributed by atoms with Gasteiger partial charge in [0.2, 0.25) is 0 Å². The second-order valence-electron chi connectivity index (χ2n) is 3.27. The molecule has 4 heteroatoms. The van der Waals surface area contributed by atoms with Crippen molar-refractivity contribution in [2.24, 2.45) is 11.5 Å². The molecule has 0 saturated heterocycles. The van der Waals surface area contributed by atoms with E-state index in [-0.39, 0.29) is 18.4 Å². The van der Waals surface area contributed by atoms with Crippen molar-refractivity contribution in [3.63, 3.8) is 0 Å². The summed E-state index contributed by atoms with van der Waals surface area (Å²) in [5, 5.41) is 1.13. The highest BCUT2D eigenvalue weighted by Gasteiger charge is 2.05. The lowest BCUT2D eigenvalue weighted by molar-refractivity contribution is 0.715. The Morgan fingerprint density at radius 2 is 1.87 bits per heavy atom. The number of rotatable bonds is 2. The average molecular weight is 224 g/mol. The van der Waals surface area contributed by atoms with Crippen LogP contribution in [-0.4, -0.2) is 11.5 Å². The van der Waals surface area contributed by atoms with Crippen molar-refractivity contribution in [1.29, 1.82) is 0 Å². The minimum atomic E-state index is -0.167. The van der Waals surface area contributed by atoms with Crippen LogP contribution in [0.2, 0.25) is 0 Å². The fourth-order valence-electron chi connectivity index (χ4n) is 1.41. The summed E-state index contributed by atoms with van der Waals surface area (Å²) in [6.07, 6.45) is 0. The fourth-order valence-corrected chi connectivity index (χ4v) is 1.41. The third kappa shape index (κ3) is 2.45. The van der Waals surface area contributed by atoms with Crippen molar-refractivity contribution in [3.8, 4) is 0 Å². The summed E-state index contributed by atoms with van der Waals surface area (Å²) in [6, 6.07) is 11.7. The predicted molar refractivity (Wildman–Crippen MR) is 65.0 cm³/mol.